The molecule has 0 unspecified atom stereocenters. The smallest absolute Gasteiger partial charge is 0.462 e. The van der Waals surface area contributed by atoms with Gasteiger partial charge < -0.3 is 28.0 Å². The highest BCUT2D eigenvalue weighted by molar-refractivity contribution is 7.49. The molecule has 0 spiro atoms. The van der Waals surface area contributed by atoms with E-state index < -0.39 is 79.4 Å². The van der Waals surface area contributed by atoms with E-state index in [2.05, 4.69) is 0 Å². The molecule has 46 heavy (non-hydrogen) atoms. The van der Waals surface area contributed by atoms with Gasteiger partial charge in [0.15, 0.2) is 18.4 Å². The predicted molar refractivity (Wildman–Crippen MR) is 165 cm³/mol. The van der Waals surface area contributed by atoms with Gasteiger partial charge in [-0.25, -0.2) is 13.5 Å². The number of phosphoric ester groups is 1. The number of ether oxygens (including phenoxy) is 4. The first-order valence-electron chi connectivity index (χ1n) is 14.9. The number of alkyl halides is 1. The lowest BCUT2D eigenvalue weighted by Crippen LogP contribution is -2.61. The number of carbonyl (C=O) groups excluding carboxylic acids is 3. The van der Waals surface area contributed by atoms with Crippen LogP contribution in [0.1, 0.15) is 62.3 Å². The molecule has 3 rings (SSSR count). The van der Waals surface area contributed by atoms with Crippen LogP contribution in [-0.4, -0.2) is 55.3 Å². The lowest BCUT2D eigenvalue weighted by atomic mass is 9.94. The van der Waals surface area contributed by atoms with Crippen LogP contribution in [0.5, 0.6) is 11.5 Å². The van der Waals surface area contributed by atoms with Gasteiger partial charge in [0.25, 0.3) is 0 Å². The first-order valence-corrected chi connectivity index (χ1v) is 16.3. The average molecular weight is 667 g/mol. The Morgan fingerprint density at radius 1 is 0.696 bits per heavy atom. The summed E-state index contributed by atoms with van der Waals surface area (Å²) in [5.41, 5.74) is -3.07. The zero-order chi connectivity index (χ0) is 34.5. The Morgan fingerprint density at radius 3 is 1.52 bits per heavy atom. The second kappa shape index (κ2) is 14.5. The van der Waals surface area contributed by atoms with Crippen molar-refractivity contribution in [3.63, 3.8) is 0 Å². The van der Waals surface area contributed by atoms with Gasteiger partial charge in [-0.3, -0.25) is 14.4 Å². The maximum atomic E-state index is 16.6. The fourth-order valence-electron chi connectivity index (χ4n) is 3.75. The van der Waals surface area contributed by atoms with Crippen LogP contribution >= 0.6 is 7.82 Å². The molecule has 0 bridgehead atoms. The molecule has 11 nitrogen and oxygen atoms in total. The minimum Gasteiger partial charge on any atom is -0.462 e. The minimum atomic E-state index is -4.75. The van der Waals surface area contributed by atoms with Gasteiger partial charge in [0.2, 0.25) is 6.29 Å². The van der Waals surface area contributed by atoms with Crippen molar-refractivity contribution in [3.8, 4) is 11.5 Å². The van der Waals surface area contributed by atoms with E-state index in [9.17, 15) is 18.9 Å². The van der Waals surface area contributed by atoms with Crippen molar-refractivity contribution in [2.45, 2.75) is 93.1 Å². The molecule has 0 aromatic heterocycles. The van der Waals surface area contributed by atoms with Crippen LogP contribution in [0.15, 0.2) is 60.7 Å². The van der Waals surface area contributed by atoms with Crippen molar-refractivity contribution < 1.29 is 55.9 Å². The summed E-state index contributed by atoms with van der Waals surface area (Å²) in [5, 5.41) is 0. The topological polar surface area (TPSA) is 133 Å². The molecule has 0 N–H and O–H groups in total. The highest BCUT2D eigenvalue weighted by Crippen LogP contribution is 2.52. The summed E-state index contributed by atoms with van der Waals surface area (Å²) in [5.74, 6) is -2.06. The first kappa shape index (κ1) is 37.0. The van der Waals surface area contributed by atoms with Crippen molar-refractivity contribution in [3.05, 3.63) is 60.7 Å². The fourth-order valence-corrected chi connectivity index (χ4v) is 5.05. The Kier molecular flexibility index (Phi) is 11.7. The van der Waals surface area contributed by atoms with Crippen LogP contribution in [0.3, 0.4) is 0 Å². The molecular formula is C33H44FO11P. The van der Waals surface area contributed by atoms with Crippen LogP contribution in [0.25, 0.3) is 0 Å². The molecule has 2 aromatic carbocycles. The van der Waals surface area contributed by atoms with E-state index >= 15 is 4.39 Å². The van der Waals surface area contributed by atoms with Crippen molar-refractivity contribution in [2.24, 2.45) is 16.2 Å². The molecule has 1 heterocycles. The standard InChI is InChI=1S/C33H44FO11P/c1-31(2,3)28(35)39-20-23-25(41-29(36)32(4,5)6)26(42-30(37)33(7,8)9)24(34)27(40-23)45-46(38,43-21-16-12-10-13-17-21)44-22-18-14-11-15-19-22/h10-19,23-27H,20H2,1-9H3/t23-,24+,25-,26-,27-/m1/s1. The molecule has 0 radical (unpaired) electrons. The normalized spacial score (nSPS) is 22.3. The van der Waals surface area contributed by atoms with Crippen molar-refractivity contribution in [1.82, 2.24) is 0 Å². The van der Waals surface area contributed by atoms with E-state index in [1.54, 1.807) is 98.7 Å². The van der Waals surface area contributed by atoms with Crippen LogP contribution < -0.4 is 9.05 Å². The number of hydrogen-bond acceptors (Lipinski definition) is 11. The summed E-state index contributed by atoms with van der Waals surface area (Å²) >= 11 is 0. The fraction of sp³-hybridized carbons (Fsp3) is 0.545. The van der Waals surface area contributed by atoms with Gasteiger partial charge in [-0.1, -0.05) is 36.4 Å². The molecular weight excluding hydrogens is 622 g/mol. The second-order valence-corrected chi connectivity index (χ2v) is 15.4. The Hall–Kier alpha value is -3.47. The van der Waals surface area contributed by atoms with Gasteiger partial charge in [0, 0.05) is 0 Å². The summed E-state index contributed by atoms with van der Waals surface area (Å²) in [6.45, 7) is 13.8. The molecule has 254 valence electrons. The summed E-state index contributed by atoms with van der Waals surface area (Å²) in [6, 6.07) is 15.8. The van der Waals surface area contributed by atoms with E-state index in [1.807, 2.05) is 0 Å². The van der Waals surface area contributed by atoms with Gasteiger partial charge in [-0.15, -0.1) is 0 Å². The number of halogens is 1. The van der Waals surface area contributed by atoms with Crippen molar-refractivity contribution >= 4 is 25.7 Å². The number of phosphoric acid groups is 1. The largest absolute Gasteiger partial charge is 0.590 e. The van der Waals surface area contributed by atoms with Crippen LogP contribution in [0.4, 0.5) is 4.39 Å². The number of esters is 3. The lowest BCUT2D eigenvalue weighted by molar-refractivity contribution is -0.278. The van der Waals surface area contributed by atoms with Gasteiger partial charge >= 0.3 is 25.7 Å². The number of rotatable bonds is 10. The van der Waals surface area contributed by atoms with Crippen molar-refractivity contribution in [2.75, 3.05) is 6.61 Å². The molecule has 1 fully saturated rings. The quantitative estimate of drug-likeness (QED) is 0.150. The zero-order valence-electron chi connectivity index (χ0n) is 27.7. The Morgan fingerprint density at radius 2 is 1.11 bits per heavy atom. The Labute approximate surface area is 269 Å². The van der Waals surface area contributed by atoms with E-state index in [4.69, 9.17) is 32.5 Å². The molecule has 0 amide bonds. The Bertz CT molecular complexity index is 1330. The molecule has 1 saturated heterocycles. The summed E-state index contributed by atoms with van der Waals surface area (Å²) in [4.78, 5) is 38.9. The van der Waals surface area contributed by atoms with Crippen LogP contribution in [0, 0.1) is 16.2 Å². The third-order valence-corrected chi connectivity index (χ3v) is 7.76. The van der Waals surface area contributed by atoms with Gasteiger partial charge in [0.05, 0.1) is 16.2 Å². The third kappa shape index (κ3) is 10.3. The monoisotopic (exact) mass is 666 g/mol. The summed E-state index contributed by atoms with van der Waals surface area (Å²) in [7, 11) is -4.75. The number of benzene rings is 2. The molecule has 1 aliphatic heterocycles. The lowest BCUT2D eigenvalue weighted by Gasteiger charge is -2.43. The highest BCUT2D eigenvalue weighted by atomic mass is 31.2. The van der Waals surface area contributed by atoms with Gasteiger partial charge in [-0.05, 0) is 86.6 Å². The molecule has 0 aliphatic carbocycles. The molecule has 1 aliphatic rings. The first-order chi connectivity index (χ1) is 21.2. The number of hydrogen-bond donors (Lipinski definition) is 0. The maximum Gasteiger partial charge on any atom is 0.590 e. The number of para-hydroxylation sites is 2. The van der Waals surface area contributed by atoms with E-state index in [0.29, 0.717) is 0 Å². The third-order valence-electron chi connectivity index (χ3n) is 6.43. The van der Waals surface area contributed by atoms with E-state index in [0.717, 1.165) is 0 Å². The molecule has 13 heteroatoms. The van der Waals surface area contributed by atoms with E-state index in [1.165, 1.54) is 24.3 Å². The average Bonchev–Trinajstić information content (AvgIpc) is 2.94. The molecule has 5 atom stereocenters. The number of carbonyl (C=O) groups is 3. The Balaban J connectivity index is 2.06. The predicted octanol–water partition coefficient (Wildman–Crippen LogP) is 6.84. The van der Waals surface area contributed by atoms with Gasteiger partial charge in [0.1, 0.15) is 24.2 Å². The molecule has 2 aromatic rings. The highest BCUT2D eigenvalue weighted by Gasteiger charge is 2.55. The van der Waals surface area contributed by atoms with Gasteiger partial charge in [-0.2, -0.15) is 0 Å². The zero-order valence-corrected chi connectivity index (χ0v) is 28.6. The summed E-state index contributed by atoms with van der Waals surface area (Å²) < 4.78 is 70.3. The maximum absolute atomic E-state index is 16.6. The minimum absolute atomic E-state index is 0.0799. The second-order valence-electron chi connectivity index (χ2n) is 13.9. The van der Waals surface area contributed by atoms with E-state index in [-0.39, 0.29) is 11.5 Å². The van der Waals surface area contributed by atoms with Crippen LogP contribution in [-0.2, 0) is 42.4 Å². The van der Waals surface area contributed by atoms with Crippen LogP contribution in [0.2, 0.25) is 0 Å². The van der Waals surface area contributed by atoms with Crippen molar-refractivity contribution in [1.29, 1.82) is 0 Å². The molecule has 0 saturated carbocycles. The SMILES string of the molecule is CC(C)(C)C(=O)OC[C@H]1O[C@H](OP(=O)(Oc2ccccc2)Oc2ccccc2)[C@@H](F)[C@@H](OC(=O)C(C)(C)C)[C@@H]1OC(=O)C(C)(C)C. The summed E-state index contributed by atoms with van der Waals surface area (Å²) in [6.07, 6.45) is -9.32.